The van der Waals surface area contributed by atoms with Gasteiger partial charge >= 0.3 is 0 Å². The fourth-order valence-electron chi connectivity index (χ4n) is 2.72. The van der Waals surface area contributed by atoms with Crippen LogP contribution in [0.25, 0.3) is 0 Å². The van der Waals surface area contributed by atoms with Gasteiger partial charge in [0, 0.05) is 14.2 Å². The van der Waals surface area contributed by atoms with Gasteiger partial charge in [-0.1, -0.05) is 87.4 Å². The van der Waals surface area contributed by atoms with E-state index in [9.17, 15) is 0 Å². The van der Waals surface area contributed by atoms with Crippen molar-refractivity contribution in [3.8, 4) is 0 Å². The summed E-state index contributed by atoms with van der Waals surface area (Å²) in [5.41, 5.74) is 1.17. The summed E-state index contributed by atoms with van der Waals surface area (Å²) in [5.74, 6) is 0.0431. The van der Waals surface area contributed by atoms with Crippen LogP contribution < -0.4 is 0 Å². The number of alkyl halides is 1. The molecule has 1 atom stereocenters. The number of rotatable bonds is 11. The first-order valence-electron chi connectivity index (χ1n) is 8.02. The number of benzene rings is 1. The van der Waals surface area contributed by atoms with E-state index in [-0.39, 0.29) is 5.92 Å². The van der Waals surface area contributed by atoms with Crippen LogP contribution in [-0.2, 0) is 9.47 Å². The maximum absolute atomic E-state index is 6.53. The molecule has 120 valence electrons. The highest BCUT2D eigenvalue weighted by atomic mass is 35.5. The topological polar surface area (TPSA) is 18.5 Å². The molecule has 0 aliphatic rings. The molecular weight excluding hydrogens is 284 g/mol. The van der Waals surface area contributed by atoms with Gasteiger partial charge in [0.2, 0.25) is 0 Å². The van der Waals surface area contributed by atoms with Crippen LogP contribution in [0.2, 0.25) is 0 Å². The van der Waals surface area contributed by atoms with Crippen LogP contribution in [0.4, 0.5) is 0 Å². The van der Waals surface area contributed by atoms with Crippen molar-refractivity contribution in [3.05, 3.63) is 35.9 Å². The Hall–Kier alpha value is -0.570. The van der Waals surface area contributed by atoms with Crippen molar-refractivity contribution in [1.29, 1.82) is 0 Å². The van der Waals surface area contributed by atoms with E-state index in [0.29, 0.717) is 0 Å². The van der Waals surface area contributed by atoms with Crippen molar-refractivity contribution in [3.63, 3.8) is 0 Å². The standard InChI is InChI=1S/C18H29ClO2/c1-4-5-6-7-8-12-15-17(18(19,20-2)21-3)16-13-10-9-11-14-16/h9-11,13-14,17H,4-8,12,15H2,1-3H3. The number of halogens is 1. The molecule has 0 amide bonds. The van der Waals surface area contributed by atoms with E-state index < -0.39 is 5.25 Å². The van der Waals surface area contributed by atoms with E-state index in [1.54, 1.807) is 14.2 Å². The third-order valence-electron chi connectivity index (χ3n) is 4.02. The van der Waals surface area contributed by atoms with Gasteiger partial charge in [-0.2, -0.15) is 0 Å². The molecule has 1 aromatic carbocycles. The second-order valence-electron chi connectivity index (χ2n) is 5.51. The zero-order chi connectivity index (χ0) is 15.6. The van der Waals surface area contributed by atoms with Gasteiger partial charge in [0.25, 0.3) is 5.25 Å². The average molecular weight is 313 g/mol. The van der Waals surface area contributed by atoms with E-state index in [1.165, 1.54) is 37.7 Å². The lowest BCUT2D eigenvalue weighted by Crippen LogP contribution is -2.34. The van der Waals surface area contributed by atoms with Gasteiger partial charge in [-0.05, 0) is 12.0 Å². The predicted molar refractivity (Wildman–Crippen MR) is 89.8 cm³/mol. The van der Waals surface area contributed by atoms with Gasteiger partial charge in [0.15, 0.2) is 0 Å². The Morgan fingerprint density at radius 3 is 2.10 bits per heavy atom. The van der Waals surface area contributed by atoms with Gasteiger partial charge < -0.3 is 9.47 Å². The number of hydrogen-bond acceptors (Lipinski definition) is 2. The molecule has 0 saturated heterocycles. The van der Waals surface area contributed by atoms with Crippen molar-refractivity contribution < 1.29 is 9.47 Å². The van der Waals surface area contributed by atoms with Crippen molar-refractivity contribution in [2.45, 2.75) is 63.0 Å². The molecule has 0 radical (unpaired) electrons. The number of unbranched alkanes of at least 4 members (excludes halogenated alkanes) is 5. The highest BCUT2D eigenvalue weighted by Gasteiger charge is 2.38. The maximum Gasteiger partial charge on any atom is 0.254 e. The Morgan fingerprint density at radius 1 is 0.952 bits per heavy atom. The van der Waals surface area contributed by atoms with Crippen LogP contribution >= 0.6 is 11.6 Å². The lowest BCUT2D eigenvalue weighted by molar-refractivity contribution is -0.158. The SMILES string of the molecule is CCCCCCCCC(c1ccccc1)C(Cl)(OC)OC. The summed E-state index contributed by atoms with van der Waals surface area (Å²) in [4.78, 5) is 0. The zero-order valence-electron chi connectivity index (χ0n) is 13.6. The highest BCUT2D eigenvalue weighted by molar-refractivity contribution is 6.22. The largest absolute Gasteiger partial charge is 0.340 e. The van der Waals surface area contributed by atoms with E-state index in [2.05, 4.69) is 19.1 Å². The minimum absolute atomic E-state index is 0.0431. The average Bonchev–Trinajstić information content (AvgIpc) is 2.54. The molecule has 0 N–H and O–H groups in total. The molecule has 2 nitrogen and oxygen atoms in total. The molecular formula is C18H29ClO2. The summed E-state index contributed by atoms with van der Waals surface area (Å²) >= 11 is 6.53. The summed E-state index contributed by atoms with van der Waals surface area (Å²) in [6.07, 6.45) is 8.59. The van der Waals surface area contributed by atoms with Crippen LogP contribution in [-0.4, -0.2) is 19.5 Å². The fraction of sp³-hybridized carbons (Fsp3) is 0.667. The van der Waals surface area contributed by atoms with Crippen LogP contribution in [0.1, 0.15) is 63.4 Å². The van der Waals surface area contributed by atoms with Crippen molar-refractivity contribution in [2.75, 3.05) is 14.2 Å². The first-order valence-corrected chi connectivity index (χ1v) is 8.40. The van der Waals surface area contributed by atoms with Gasteiger partial charge in [-0.15, -0.1) is 0 Å². The molecule has 1 unspecified atom stereocenters. The maximum atomic E-state index is 6.53. The summed E-state index contributed by atoms with van der Waals surface area (Å²) in [6.45, 7) is 2.24. The number of methoxy groups -OCH3 is 2. The normalized spacial score (nSPS) is 13.3. The molecule has 21 heavy (non-hydrogen) atoms. The smallest absolute Gasteiger partial charge is 0.254 e. The molecule has 0 saturated carbocycles. The molecule has 0 aliphatic heterocycles. The molecule has 0 spiro atoms. The van der Waals surface area contributed by atoms with E-state index in [1.807, 2.05) is 18.2 Å². The van der Waals surface area contributed by atoms with Gasteiger partial charge in [-0.25, -0.2) is 0 Å². The summed E-state index contributed by atoms with van der Waals surface area (Å²) in [7, 11) is 3.21. The van der Waals surface area contributed by atoms with Crippen molar-refractivity contribution in [2.24, 2.45) is 0 Å². The molecule has 0 bridgehead atoms. The third-order valence-corrected chi connectivity index (χ3v) is 4.59. The Morgan fingerprint density at radius 2 is 1.52 bits per heavy atom. The van der Waals surface area contributed by atoms with Crippen LogP contribution in [0.3, 0.4) is 0 Å². The van der Waals surface area contributed by atoms with Crippen LogP contribution in [0.15, 0.2) is 30.3 Å². The fourth-order valence-corrected chi connectivity index (χ4v) is 2.96. The Balaban J connectivity index is 2.62. The first-order chi connectivity index (χ1) is 10.2. The Labute approximate surface area is 134 Å². The van der Waals surface area contributed by atoms with E-state index in [0.717, 1.165) is 12.8 Å². The monoisotopic (exact) mass is 312 g/mol. The molecule has 0 aromatic heterocycles. The lowest BCUT2D eigenvalue weighted by Gasteiger charge is -2.33. The second-order valence-corrected chi connectivity index (χ2v) is 6.04. The van der Waals surface area contributed by atoms with Gasteiger partial charge in [0.05, 0.1) is 5.92 Å². The third kappa shape index (κ3) is 5.98. The second kappa shape index (κ2) is 10.2. The van der Waals surface area contributed by atoms with E-state index >= 15 is 0 Å². The lowest BCUT2D eigenvalue weighted by atomic mass is 9.92. The van der Waals surface area contributed by atoms with Gasteiger partial charge in [0.1, 0.15) is 0 Å². The highest BCUT2D eigenvalue weighted by Crippen LogP contribution is 2.39. The molecule has 1 rings (SSSR count). The Bertz CT molecular complexity index is 363. The quantitative estimate of drug-likeness (QED) is 0.296. The molecule has 0 aliphatic carbocycles. The summed E-state index contributed by atoms with van der Waals surface area (Å²) in [5, 5.41) is -1.08. The minimum Gasteiger partial charge on any atom is -0.340 e. The van der Waals surface area contributed by atoms with Gasteiger partial charge in [-0.3, -0.25) is 0 Å². The molecule has 3 heteroatoms. The number of ether oxygens (including phenoxy) is 2. The predicted octanol–water partition coefficient (Wildman–Crippen LogP) is 5.71. The summed E-state index contributed by atoms with van der Waals surface area (Å²) < 4.78 is 10.9. The van der Waals surface area contributed by atoms with E-state index in [4.69, 9.17) is 21.1 Å². The van der Waals surface area contributed by atoms with Crippen molar-refractivity contribution >= 4 is 11.6 Å². The molecule has 0 heterocycles. The Kier molecular flexibility index (Phi) is 8.98. The van der Waals surface area contributed by atoms with Crippen LogP contribution in [0.5, 0.6) is 0 Å². The minimum atomic E-state index is -1.08. The molecule has 0 fully saturated rings. The zero-order valence-corrected chi connectivity index (χ0v) is 14.4. The number of hydrogen-bond donors (Lipinski definition) is 0. The van der Waals surface area contributed by atoms with Crippen LogP contribution in [0, 0.1) is 0 Å². The first kappa shape index (κ1) is 18.5. The summed E-state index contributed by atoms with van der Waals surface area (Å²) in [6, 6.07) is 10.3. The van der Waals surface area contributed by atoms with Crippen molar-refractivity contribution in [1.82, 2.24) is 0 Å². The molecule has 1 aromatic rings.